The summed E-state index contributed by atoms with van der Waals surface area (Å²) in [5.74, 6) is 1.46. The van der Waals surface area contributed by atoms with Crippen LogP contribution < -0.4 is 20.3 Å². The number of carbonyl (C=O) groups excluding carboxylic acids is 1. The van der Waals surface area contributed by atoms with E-state index in [9.17, 15) is 9.59 Å². The Labute approximate surface area is 204 Å². The number of aryl methyl sites for hydroxylation is 1. The Morgan fingerprint density at radius 3 is 2.26 bits per heavy atom. The van der Waals surface area contributed by atoms with Crippen molar-refractivity contribution < 1.29 is 14.3 Å². The molecular formula is C28H29N3O4. The molecule has 0 aliphatic rings. The second-order valence-electron chi connectivity index (χ2n) is 8.25. The molecule has 0 saturated carbocycles. The maximum absolute atomic E-state index is 12.4. The lowest BCUT2D eigenvalue weighted by Gasteiger charge is -2.10. The van der Waals surface area contributed by atoms with Crippen molar-refractivity contribution in [1.82, 2.24) is 15.1 Å². The fraction of sp³-hybridized carbons (Fsp3) is 0.250. The number of rotatable bonds is 11. The summed E-state index contributed by atoms with van der Waals surface area (Å²) in [5, 5.41) is 8.49. The van der Waals surface area contributed by atoms with Gasteiger partial charge in [0, 0.05) is 19.0 Å². The molecule has 0 atom stereocenters. The molecule has 0 unspecified atom stereocenters. The van der Waals surface area contributed by atoms with Crippen molar-refractivity contribution in [2.75, 3.05) is 13.2 Å². The Morgan fingerprint density at radius 2 is 1.51 bits per heavy atom. The lowest BCUT2D eigenvalue weighted by atomic mass is 10.1. The van der Waals surface area contributed by atoms with Crippen LogP contribution in [0.1, 0.15) is 24.1 Å². The van der Waals surface area contributed by atoms with E-state index in [-0.39, 0.29) is 17.9 Å². The summed E-state index contributed by atoms with van der Waals surface area (Å²) < 4.78 is 12.9. The number of hydrogen-bond acceptors (Lipinski definition) is 5. The molecule has 0 saturated heterocycles. The molecule has 7 heteroatoms. The SMILES string of the molecule is Cn1nc(CC(=O)NCCCCOc2ccc(OCc3ccccc3)cc2)c2ccccc2c1=O. The van der Waals surface area contributed by atoms with Crippen molar-refractivity contribution in [3.63, 3.8) is 0 Å². The van der Waals surface area contributed by atoms with Crippen LogP contribution in [0.5, 0.6) is 11.5 Å². The second-order valence-corrected chi connectivity index (χ2v) is 8.25. The highest BCUT2D eigenvalue weighted by atomic mass is 16.5. The lowest BCUT2D eigenvalue weighted by Crippen LogP contribution is -2.28. The first kappa shape index (κ1) is 24.0. The molecule has 0 aliphatic heterocycles. The van der Waals surface area contributed by atoms with Crippen LogP contribution in [0.25, 0.3) is 10.8 Å². The quantitative estimate of drug-likeness (QED) is 0.334. The fourth-order valence-electron chi connectivity index (χ4n) is 3.74. The van der Waals surface area contributed by atoms with Gasteiger partial charge in [-0.15, -0.1) is 0 Å². The average molecular weight is 472 g/mol. The molecule has 4 rings (SSSR count). The highest BCUT2D eigenvalue weighted by molar-refractivity contribution is 5.88. The Morgan fingerprint density at radius 1 is 0.857 bits per heavy atom. The zero-order valence-corrected chi connectivity index (χ0v) is 19.8. The minimum Gasteiger partial charge on any atom is -0.494 e. The van der Waals surface area contributed by atoms with Crippen LogP contribution >= 0.6 is 0 Å². The lowest BCUT2D eigenvalue weighted by molar-refractivity contribution is -0.120. The molecule has 0 aliphatic carbocycles. The van der Waals surface area contributed by atoms with Gasteiger partial charge < -0.3 is 14.8 Å². The first-order valence-corrected chi connectivity index (χ1v) is 11.7. The third kappa shape index (κ3) is 6.69. The molecule has 0 bridgehead atoms. The zero-order chi connectivity index (χ0) is 24.5. The van der Waals surface area contributed by atoms with Crippen molar-refractivity contribution >= 4 is 16.7 Å². The van der Waals surface area contributed by atoms with E-state index in [2.05, 4.69) is 10.4 Å². The molecule has 0 spiro atoms. The number of aromatic nitrogens is 2. The smallest absolute Gasteiger partial charge is 0.274 e. The normalized spacial score (nSPS) is 10.8. The standard InChI is InChI=1S/C28H29N3O4/c1-31-28(33)25-12-6-5-11-24(25)26(30-31)19-27(32)29-17-7-8-18-34-22-13-15-23(16-14-22)35-20-21-9-3-2-4-10-21/h2-6,9-16H,7-8,17-20H2,1H3,(H,29,32). The number of amides is 1. The summed E-state index contributed by atoms with van der Waals surface area (Å²) in [6.45, 7) is 1.65. The molecule has 1 heterocycles. The van der Waals surface area contributed by atoms with E-state index in [1.165, 1.54) is 4.68 Å². The summed E-state index contributed by atoms with van der Waals surface area (Å²) in [6.07, 6.45) is 1.74. The summed E-state index contributed by atoms with van der Waals surface area (Å²) in [7, 11) is 1.60. The molecule has 1 aromatic heterocycles. The zero-order valence-electron chi connectivity index (χ0n) is 19.8. The molecule has 7 nitrogen and oxygen atoms in total. The Bertz CT molecular complexity index is 1320. The molecule has 35 heavy (non-hydrogen) atoms. The van der Waals surface area contributed by atoms with Gasteiger partial charge in [0.15, 0.2) is 0 Å². The van der Waals surface area contributed by atoms with E-state index in [0.29, 0.717) is 30.8 Å². The van der Waals surface area contributed by atoms with Crippen molar-refractivity contribution in [1.29, 1.82) is 0 Å². The maximum Gasteiger partial charge on any atom is 0.274 e. The third-order valence-corrected chi connectivity index (χ3v) is 5.60. The topological polar surface area (TPSA) is 82.5 Å². The van der Waals surface area contributed by atoms with Gasteiger partial charge in [0.2, 0.25) is 5.91 Å². The summed E-state index contributed by atoms with van der Waals surface area (Å²) in [6, 6.07) is 24.9. The average Bonchev–Trinajstić information content (AvgIpc) is 2.89. The van der Waals surface area contributed by atoms with E-state index < -0.39 is 0 Å². The largest absolute Gasteiger partial charge is 0.494 e. The fourth-order valence-corrected chi connectivity index (χ4v) is 3.74. The highest BCUT2D eigenvalue weighted by Gasteiger charge is 2.12. The number of nitrogens with one attached hydrogen (secondary N) is 1. The Hall–Kier alpha value is -4.13. The van der Waals surface area contributed by atoms with Gasteiger partial charge in [0.25, 0.3) is 5.56 Å². The van der Waals surface area contributed by atoms with Crippen LogP contribution in [0.4, 0.5) is 0 Å². The van der Waals surface area contributed by atoms with Crippen LogP contribution in [0.15, 0.2) is 83.7 Å². The maximum atomic E-state index is 12.4. The van der Waals surface area contributed by atoms with Gasteiger partial charge in [0.05, 0.1) is 24.1 Å². The van der Waals surface area contributed by atoms with E-state index in [4.69, 9.17) is 9.47 Å². The van der Waals surface area contributed by atoms with Crippen molar-refractivity contribution in [3.8, 4) is 11.5 Å². The molecule has 3 aromatic carbocycles. The minimum absolute atomic E-state index is 0.117. The summed E-state index contributed by atoms with van der Waals surface area (Å²) in [5.41, 5.74) is 1.55. The van der Waals surface area contributed by atoms with Crippen LogP contribution in [-0.2, 0) is 24.9 Å². The summed E-state index contributed by atoms with van der Waals surface area (Å²) in [4.78, 5) is 24.6. The molecule has 180 valence electrons. The van der Waals surface area contributed by atoms with Gasteiger partial charge in [-0.2, -0.15) is 5.10 Å². The van der Waals surface area contributed by atoms with Gasteiger partial charge in [0.1, 0.15) is 18.1 Å². The van der Waals surface area contributed by atoms with Crippen LogP contribution in [0.3, 0.4) is 0 Å². The van der Waals surface area contributed by atoms with E-state index in [0.717, 1.165) is 35.3 Å². The first-order chi connectivity index (χ1) is 17.1. The molecule has 1 amide bonds. The predicted molar refractivity (Wildman–Crippen MR) is 136 cm³/mol. The van der Waals surface area contributed by atoms with E-state index in [1.807, 2.05) is 72.8 Å². The van der Waals surface area contributed by atoms with Gasteiger partial charge in [-0.25, -0.2) is 4.68 Å². The van der Waals surface area contributed by atoms with Gasteiger partial charge in [-0.1, -0.05) is 48.5 Å². The van der Waals surface area contributed by atoms with Crippen molar-refractivity contribution in [3.05, 3.63) is 100 Å². The highest BCUT2D eigenvalue weighted by Crippen LogP contribution is 2.19. The third-order valence-electron chi connectivity index (χ3n) is 5.60. The van der Waals surface area contributed by atoms with Gasteiger partial charge in [-0.3, -0.25) is 9.59 Å². The predicted octanol–water partition coefficient (Wildman–Crippen LogP) is 4.03. The van der Waals surface area contributed by atoms with E-state index in [1.54, 1.807) is 13.1 Å². The molecule has 1 N–H and O–H groups in total. The number of ether oxygens (including phenoxy) is 2. The van der Waals surface area contributed by atoms with Crippen molar-refractivity contribution in [2.24, 2.45) is 7.05 Å². The van der Waals surface area contributed by atoms with Crippen LogP contribution in [-0.4, -0.2) is 28.8 Å². The van der Waals surface area contributed by atoms with Crippen molar-refractivity contribution in [2.45, 2.75) is 25.9 Å². The number of fused-ring (bicyclic) bond motifs is 1. The molecule has 0 fully saturated rings. The van der Waals surface area contributed by atoms with Crippen LogP contribution in [0, 0.1) is 0 Å². The monoisotopic (exact) mass is 471 g/mol. The molecule has 0 radical (unpaired) electrons. The molecular weight excluding hydrogens is 442 g/mol. The summed E-state index contributed by atoms with van der Waals surface area (Å²) >= 11 is 0. The second kappa shape index (κ2) is 11.8. The number of benzene rings is 3. The van der Waals surface area contributed by atoms with E-state index >= 15 is 0 Å². The Kier molecular flexibility index (Phi) is 8.12. The first-order valence-electron chi connectivity index (χ1n) is 11.7. The van der Waals surface area contributed by atoms with Crippen LogP contribution in [0.2, 0.25) is 0 Å². The minimum atomic E-state index is -0.167. The Balaban J connectivity index is 1.15. The number of hydrogen-bond donors (Lipinski definition) is 1. The number of nitrogens with zero attached hydrogens (tertiary/aromatic N) is 2. The number of carbonyl (C=O) groups is 1. The molecule has 4 aromatic rings. The number of unbranched alkanes of at least 4 members (excludes halogenated alkanes) is 1. The van der Waals surface area contributed by atoms with Gasteiger partial charge >= 0.3 is 0 Å². The van der Waals surface area contributed by atoms with Gasteiger partial charge in [-0.05, 0) is 48.7 Å².